The largest absolute Gasteiger partial charge is 0.496 e. The van der Waals surface area contributed by atoms with E-state index in [1.807, 2.05) is 24.3 Å². The third-order valence-electron chi connectivity index (χ3n) is 4.08. The van der Waals surface area contributed by atoms with Crippen molar-refractivity contribution in [2.45, 2.75) is 13.2 Å². The summed E-state index contributed by atoms with van der Waals surface area (Å²) in [5.74, 6) is 0.832. The maximum Gasteiger partial charge on any atom is 0.138 e. The molecule has 3 aromatic carbocycles. The van der Waals surface area contributed by atoms with Crippen LogP contribution in [0.3, 0.4) is 0 Å². The summed E-state index contributed by atoms with van der Waals surface area (Å²) in [6.45, 7) is 0.658. The number of rotatable bonds is 6. The molecule has 0 unspecified atom stereocenters. The minimum absolute atomic E-state index is 0. The van der Waals surface area contributed by atoms with Crippen LogP contribution in [0, 0.1) is 5.82 Å². The molecule has 0 aliphatic carbocycles. The van der Waals surface area contributed by atoms with Crippen molar-refractivity contribution < 1.29 is 13.9 Å². The summed E-state index contributed by atoms with van der Waals surface area (Å²) in [5, 5.41) is 0.497. The number of hydrogen-bond acceptors (Lipinski definition) is 3. The third kappa shape index (κ3) is 4.72. The number of methoxy groups -OCH3 is 1. The normalized spacial score (nSPS) is 10.2. The molecule has 0 saturated carbocycles. The lowest BCUT2D eigenvalue weighted by Crippen LogP contribution is -2.02. The molecule has 0 fully saturated rings. The lowest BCUT2D eigenvalue weighted by atomic mass is 10.0. The van der Waals surface area contributed by atoms with E-state index in [9.17, 15) is 4.39 Å². The SMILES string of the molecule is COc1c(COc2ccc(CN)cc2Cl)cccc1-c1ccccc1F.Cl. The van der Waals surface area contributed by atoms with Crippen LogP contribution in [0.15, 0.2) is 60.7 Å². The van der Waals surface area contributed by atoms with E-state index >= 15 is 0 Å². The average Bonchev–Trinajstić information content (AvgIpc) is 2.67. The lowest BCUT2D eigenvalue weighted by Gasteiger charge is -2.15. The first-order chi connectivity index (χ1) is 12.6. The van der Waals surface area contributed by atoms with Crippen molar-refractivity contribution in [3.05, 3.63) is 82.6 Å². The summed E-state index contributed by atoms with van der Waals surface area (Å²) in [6.07, 6.45) is 0. The van der Waals surface area contributed by atoms with Crippen molar-refractivity contribution in [1.82, 2.24) is 0 Å². The predicted molar refractivity (Wildman–Crippen MR) is 109 cm³/mol. The molecule has 3 aromatic rings. The Morgan fingerprint density at radius 3 is 2.41 bits per heavy atom. The fraction of sp³-hybridized carbons (Fsp3) is 0.143. The highest BCUT2D eigenvalue weighted by Crippen LogP contribution is 2.35. The zero-order chi connectivity index (χ0) is 18.5. The topological polar surface area (TPSA) is 44.5 Å². The first-order valence-electron chi connectivity index (χ1n) is 8.16. The smallest absolute Gasteiger partial charge is 0.138 e. The van der Waals surface area contributed by atoms with Crippen LogP contribution in [0.25, 0.3) is 11.1 Å². The van der Waals surface area contributed by atoms with Crippen molar-refractivity contribution in [3.63, 3.8) is 0 Å². The van der Waals surface area contributed by atoms with Crippen LogP contribution in [0.4, 0.5) is 4.39 Å². The molecule has 6 heteroatoms. The van der Waals surface area contributed by atoms with E-state index < -0.39 is 0 Å². The van der Waals surface area contributed by atoms with Gasteiger partial charge in [0, 0.05) is 23.2 Å². The Kier molecular flexibility index (Phi) is 7.48. The molecule has 0 amide bonds. The van der Waals surface area contributed by atoms with Gasteiger partial charge in [0.15, 0.2) is 0 Å². The Balaban J connectivity index is 0.00000261. The number of nitrogens with two attached hydrogens (primary N) is 1. The second kappa shape index (κ2) is 9.60. The first kappa shape index (κ1) is 21.0. The van der Waals surface area contributed by atoms with E-state index in [1.165, 1.54) is 6.07 Å². The van der Waals surface area contributed by atoms with E-state index in [0.717, 1.165) is 11.1 Å². The number of benzene rings is 3. The Morgan fingerprint density at radius 2 is 1.74 bits per heavy atom. The van der Waals surface area contributed by atoms with Crippen LogP contribution < -0.4 is 15.2 Å². The fourth-order valence-electron chi connectivity index (χ4n) is 2.78. The van der Waals surface area contributed by atoms with Gasteiger partial charge in [-0.15, -0.1) is 12.4 Å². The van der Waals surface area contributed by atoms with Crippen LogP contribution in [0.2, 0.25) is 5.02 Å². The molecule has 0 atom stereocenters. The Labute approximate surface area is 169 Å². The Morgan fingerprint density at radius 1 is 1.00 bits per heavy atom. The maximum atomic E-state index is 14.2. The molecular formula is C21H20Cl2FNO2. The van der Waals surface area contributed by atoms with E-state index in [1.54, 1.807) is 37.4 Å². The van der Waals surface area contributed by atoms with Crippen molar-refractivity contribution in [3.8, 4) is 22.6 Å². The van der Waals surface area contributed by atoms with Crippen LogP contribution in [-0.2, 0) is 13.2 Å². The highest BCUT2D eigenvalue weighted by atomic mass is 35.5. The molecule has 0 heterocycles. The zero-order valence-electron chi connectivity index (χ0n) is 14.7. The number of hydrogen-bond donors (Lipinski definition) is 1. The molecule has 0 saturated heterocycles. The standard InChI is InChI=1S/C21H19ClFNO2.ClH/c1-25-21-15(13-26-20-10-9-14(12-24)11-18(20)22)5-4-7-17(21)16-6-2-3-8-19(16)23;/h2-11H,12-13,24H2,1H3;1H. The van der Waals surface area contributed by atoms with Gasteiger partial charge in [0.2, 0.25) is 0 Å². The van der Waals surface area contributed by atoms with Crippen molar-refractivity contribution >= 4 is 24.0 Å². The van der Waals surface area contributed by atoms with E-state index in [-0.39, 0.29) is 24.8 Å². The number of ether oxygens (including phenoxy) is 2. The van der Waals surface area contributed by atoms with E-state index in [0.29, 0.717) is 34.2 Å². The molecule has 27 heavy (non-hydrogen) atoms. The highest BCUT2D eigenvalue weighted by Gasteiger charge is 2.14. The lowest BCUT2D eigenvalue weighted by molar-refractivity contribution is 0.297. The van der Waals surface area contributed by atoms with Gasteiger partial charge in [0.1, 0.15) is 23.9 Å². The second-order valence-corrected chi connectivity index (χ2v) is 6.14. The molecule has 0 aliphatic rings. The molecule has 0 bridgehead atoms. The van der Waals surface area contributed by atoms with E-state index in [2.05, 4.69) is 0 Å². The van der Waals surface area contributed by atoms with Gasteiger partial charge in [0.05, 0.1) is 12.1 Å². The molecule has 0 radical (unpaired) electrons. The van der Waals surface area contributed by atoms with Gasteiger partial charge in [0.25, 0.3) is 0 Å². The van der Waals surface area contributed by atoms with Gasteiger partial charge >= 0.3 is 0 Å². The summed E-state index contributed by atoms with van der Waals surface area (Å²) in [7, 11) is 1.56. The second-order valence-electron chi connectivity index (χ2n) is 5.74. The average molecular weight is 408 g/mol. The molecular weight excluding hydrogens is 388 g/mol. The van der Waals surface area contributed by atoms with Gasteiger partial charge in [-0.3, -0.25) is 0 Å². The quantitative estimate of drug-likeness (QED) is 0.576. The molecule has 0 aliphatic heterocycles. The van der Waals surface area contributed by atoms with Crippen LogP contribution >= 0.6 is 24.0 Å². The van der Waals surface area contributed by atoms with Gasteiger partial charge in [-0.2, -0.15) is 0 Å². The van der Waals surface area contributed by atoms with Crippen molar-refractivity contribution in [1.29, 1.82) is 0 Å². The monoisotopic (exact) mass is 407 g/mol. The van der Waals surface area contributed by atoms with Crippen LogP contribution in [-0.4, -0.2) is 7.11 Å². The summed E-state index contributed by atoms with van der Waals surface area (Å²) in [6, 6.07) is 17.6. The van der Waals surface area contributed by atoms with Gasteiger partial charge in [-0.1, -0.05) is 54.1 Å². The number of para-hydroxylation sites is 1. The molecule has 2 N–H and O–H groups in total. The zero-order valence-corrected chi connectivity index (χ0v) is 16.3. The van der Waals surface area contributed by atoms with Gasteiger partial charge in [-0.25, -0.2) is 4.39 Å². The molecule has 0 spiro atoms. The maximum absolute atomic E-state index is 14.2. The molecule has 3 nitrogen and oxygen atoms in total. The van der Waals surface area contributed by atoms with Gasteiger partial charge in [-0.05, 0) is 23.8 Å². The number of halogens is 3. The minimum atomic E-state index is -0.302. The van der Waals surface area contributed by atoms with Crippen LogP contribution in [0.5, 0.6) is 11.5 Å². The van der Waals surface area contributed by atoms with Gasteiger partial charge < -0.3 is 15.2 Å². The molecule has 3 rings (SSSR count). The Bertz CT molecular complexity index is 918. The molecule has 142 valence electrons. The highest BCUT2D eigenvalue weighted by molar-refractivity contribution is 6.32. The van der Waals surface area contributed by atoms with Crippen molar-refractivity contribution in [2.75, 3.05) is 7.11 Å². The summed E-state index contributed by atoms with van der Waals surface area (Å²) < 4.78 is 25.6. The van der Waals surface area contributed by atoms with E-state index in [4.69, 9.17) is 26.8 Å². The fourth-order valence-corrected chi connectivity index (χ4v) is 3.03. The summed E-state index contributed by atoms with van der Waals surface area (Å²) in [5.41, 5.74) is 8.50. The van der Waals surface area contributed by atoms with Crippen molar-refractivity contribution in [2.24, 2.45) is 5.73 Å². The van der Waals surface area contributed by atoms with Crippen LogP contribution in [0.1, 0.15) is 11.1 Å². The summed E-state index contributed by atoms with van der Waals surface area (Å²) >= 11 is 6.23. The third-order valence-corrected chi connectivity index (χ3v) is 4.38. The first-order valence-corrected chi connectivity index (χ1v) is 8.54. The Hall–Kier alpha value is -2.27. The predicted octanol–water partition coefficient (Wildman–Crippen LogP) is 5.61. The summed E-state index contributed by atoms with van der Waals surface area (Å²) in [4.78, 5) is 0. The minimum Gasteiger partial charge on any atom is -0.496 e. The molecule has 0 aromatic heterocycles.